The van der Waals surface area contributed by atoms with Gasteiger partial charge in [0.1, 0.15) is 5.78 Å². The molecule has 2 saturated carbocycles. The van der Waals surface area contributed by atoms with Crippen LogP contribution >= 0.6 is 0 Å². The molecule has 7 rings (SSSR count). The van der Waals surface area contributed by atoms with E-state index in [-0.39, 0.29) is 22.9 Å². The van der Waals surface area contributed by atoms with E-state index >= 15 is 0 Å². The Morgan fingerprint density at radius 3 is 2.08 bits per heavy atom. The summed E-state index contributed by atoms with van der Waals surface area (Å²) in [5.41, 5.74) is -1.22. The van der Waals surface area contributed by atoms with Crippen LogP contribution < -0.4 is 4.18 Å². The Balaban J connectivity index is 1.45. The van der Waals surface area contributed by atoms with Gasteiger partial charge in [-0.15, -0.1) is 0 Å². The highest BCUT2D eigenvalue weighted by Gasteiger charge is 2.65. The number of rotatable bonds is 4. The second-order valence-corrected chi connectivity index (χ2v) is 13.0. The van der Waals surface area contributed by atoms with E-state index in [1.54, 1.807) is 6.07 Å². The van der Waals surface area contributed by atoms with E-state index in [1.165, 1.54) is 0 Å². The first-order valence-electron chi connectivity index (χ1n) is 12.9. The van der Waals surface area contributed by atoms with Crippen molar-refractivity contribution >= 4 is 59.0 Å². The maximum Gasteiger partial charge on any atom is 0.310 e. The molecule has 2 fully saturated rings. The van der Waals surface area contributed by atoms with Gasteiger partial charge in [0.25, 0.3) is 0 Å². The number of hydrogen-bond acceptors (Lipinski definition) is 4. The van der Waals surface area contributed by atoms with Crippen molar-refractivity contribution in [1.29, 1.82) is 0 Å². The minimum atomic E-state index is -4.04. The summed E-state index contributed by atoms with van der Waals surface area (Å²) in [7, 11) is -4.04. The van der Waals surface area contributed by atoms with Gasteiger partial charge in [-0.3, -0.25) is 4.79 Å². The maximum atomic E-state index is 13.7. The van der Waals surface area contributed by atoms with E-state index in [0.717, 1.165) is 49.5 Å². The second kappa shape index (κ2) is 7.55. The number of hydrogen-bond donors (Lipinski definition) is 0. The third-order valence-electron chi connectivity index (χ3n) is 9.47. The van der Waals surface area contributed by atoms with Crippen LogP contribution in [-0.4, -0.2) is 20.0 Å². The average molecular weight is 509 g/mol. The number of carbonyl (C=O) groups excluding carboxylic acids is 1. The topological polar surface area (TPSA) is 60.4 Å². The first-order chi connectivity index (χ1) is 17.7. The highest BCUT2D eigenvalue weighted by Crippen LogP contribution is 2.64. The monoisotopic (exact) mass is 508 g/mol. The standard InChI is InChI=1S/C32H28O4S/c1-31(2)24-16-17-32(31,27(33)18-24)19-37(34,35)36-26-9-5-7-21-12-14-23-15-13-22-11-10-20-6-3-4-8-25(20)28(22)30(23)29(21)26/h3-15,24H,16-19H2,1-2H3/t24-,32-/m1/s1. The molecule has 5 aromatic carbocycles. The van der Waals surface area contributed by atoms with Crippen molar-refractivity contribution < 1.29 is 17.4 Å². The maximum absolute atomic E-state index is 13.7. The van der Waals surface area contributed by atoms with Crippen molar-refractivity contribution in [3.8, 4) is 5.75 Å². The molecule has 2 aliphatic carbocycles. The van der Waals surface area contributed by atoms with Crippen LogP contribution in [0.3, 0.4) is 0 Å². The molecule has 0 spiro atoms. The Bertz CT molecular complexity index is 1880. The van der Waals surface area contributed by atoms with Crippen molar-refractivity contribution in [3.05, 3.63) is 78.9 Å². The summed E-state index contributed by atoms with van der Waals surface area (Å²) >= 11 is 0. The smallest absolute Gasteiger partial charge is 0.310 e. The fourth-order valence-corrected chi connectivity index (χ4v) is 9.05. The van der Waals surface area contributed by atoms with E-state index in [1.807, 2.05) is 44.2 Å². The summed E-state index contributed by atoms with van der Waals surface area (Å²) in [5, 5.41) is 8.11. The number of fused-ring (bicyclic) bond motifs is 9. The van der Waals surface area contributed by atoms with E-state index in [2.05, 4.69) is 42.5 Å². The highest BCUT2D eigenvalue weighted by atomic mass is 32.2. The van der Waals surface area contributed by atoms with Crippen LogP contribution in [-0.2, 0) is 14.9 Å². The summed E-state index contributed by atoms with van der Waals surface area (Å²) < 4.78 is 33.3. The molecule has 0 aromatic heterocycles. The lowest BCUT2D eigenvalue weighted by atomic mass is 9.70. The van der Waals surface area contributed by atoms with Gasteiger partial charge < -0.3 is 4.18 Å². The molecule has 4 nitrogen and oxygen atoms in total. The van der Waals surface area contributed by atoms with Crippen LogP contribution in [0.15, 0.2) is 78.9 Å². The Hall–Kier alpha value is -3.44. The number of carbonyl (C=O) groups is 1. The third kappa shape index (κ3) is 3.13. The molecule has 5 heteroatoms. The van der Waals surface area contributed by atoms with E-state index in [9.17, 15) is 13.2 Å². The van der Waals surface area contributed by atoms with E-state index < -0.39 is 15.5 Å². The SMILES string of the molecule is CC1(C)[C@@H]2CC[C@@]1(CS(=O)(=O)Oc1cccc3ccc4ccc5ccc6ccccc6c5c4c13)C(=O)C2. The zero-order valence-electron chi connectivity index (χ0n) is 21.0. The quantitative estimate of drug-likeness (QED) is 0.187. The van der Waals surface area contributed by atoms with Crippen molar-refractivity contribution in [2.45, 2.75) is 33.1 Å². The Labute approximate surface area is 216 Å². The van der Waals surface area contributed by atoms with Gasteiger partial charge in [0, 0.05) is 17.2 Å². The zero-order valence-corrected chi connectivity index (χ0v) is 21.8. The molecule has 0 amide bonds. The molecule has 0 unspecified atom stereocenters. The summed E-state index contributed by atoms with van der Waals surface area (Å²) in [5.74, 6) is 0.364. The molecule has 0 radical (unpaired) electrons. The second-order valence-electron chi connectivity index (χ2n) is 11.4. The number of Topliss-reactive ketones (excluding diaryl/α,β-unsaturated/α-hetero) is 1. The van der Waals surface area contributed by atoms with E-state index in [0.29, 0.717) is 18.6 Å². The molecule has 5 aromatic rings. The minimum Gasteiger partial charge on any atom is -0.382 e. The van der Waals surface area contributed by atoms with Gasteiger partial charge in [0.15, 0.2) is 5.75 Å². The van der Waals surface area contributed by atoms with Gasteiger partial charge in [-0.05, 0) is 62.6 Å². The Morgan fingerprint density at radius 1 is 0.784 bits per heavy atom. The summed E-state index contributed by atoms with van der Waals surface area (Å²) in [6.45, 7) is 4.10. The minimum absolute atomic E-state index is 0.0711. The van der Waals surface area contributed by atoms with Crippen LogP contribution in [0.5, 0.6) is 5.75 Å². The molecule has 2 bridgehead atoms. The molecule has 186 valence electrons. The van der Waals surface area contributed by atoms with Crippen LogP contribution in [0.1, 0.15) is 33.1 Å². The van der Waals surface area contributed by atoms with Gasteiger partial charge in [0.05, 0.1) is 11.2 Å². The molecular formula is C32H28O4S. The fourth-order valence-electron chi connectivity index (χ4n) is 7.30. The van der Waals surface area contributed by atoms with Crippen molar-refractivity contribution in [2.75, 3.05) is 5.75 Å². The lowest BCUT2D eigenvalue weighted by Gasteiger charge is -2.35. The molecule has 0 aliphatic heterocycles. The summed E-state index contributed by atoms with van der Waals surface area (Å²) in [4.78, 5) is 13.0. The van der Waals surface area contributed by atoms with Crippen LogP contribution in [0.25, 0.3) is 43.1 Å². The normalized spacial score (nSPS) is 23.0. The molecule has 37 heavy (non-hydrogen) atoms. The fraction of sp³-hybridized carbons (Fsp3) is 0.281. The highest BCUT2D eigenvalue weighted by molar-refractivity contribution is 7.87. The van der Waals surface area contributed by atoms with Crippen LogP contribution in [0, 0.1) is 16.7 Å². The van der Waals surface area contributed by atoms with Crippen molar-refractivity contribution in [2.24, 2.45) is 16.7 Å². The molecule has 0 saturated heterocycles. The zero-order chi connectivity index (χ0) is 25.6. The predicted molar refractivity (Wildman–Crippen MR) is 149 cm³/mol. The predicted octanol–water partition coefficient (Wildman–Crippen LogP) is 7.40. The van der Waals surface area contributed by atoms with E-state index in [4.69, 9.17) is 4.18 Å². The van der Waals surface area contributed by atoms with Gasteiger partial charge in [-0.1, -0.05) is 86.6 Å². The Kier molecular flexibility index (Phi) is 4.64. The molecule has 0 heterocycles. The largest absolute Gasteiger partial charge is 0.382 e. The van der Waals surface area contributed by atoms with Crippen LogP contribution in [0.4, 0.5) is 0 Å². The Morgan fingerprint density at radius 2 is 1.41 bits per heavy atom. The number of benzene rings is 5. The van der Waals surface area contributed by atoms with Crippen LogP contribution in [0.2, 0.25) is 0 Å². The number of ketones is 1. The molecule has 2 aliphatic rings. The molecular weight excluding hydrogens is 480 g/mol. The first kappa shape index (κ1) is 22.7. The van der Waals surface area contributed by atoms with Crippen molar-refractivity contribution in [1.82, 2.24) is 0 Å². The molecule has 0 N–H and O–H groups in total. The lowest BCUT2D eigenvalue weighted by Crippen LogP contribution is -2.43. The molecule has 2 atom stereocenters. The third-order valence-corrected chi connectivity index (χ3v) is 10.8. The summed E-state index contributed by atoms with van der Waals surface area (Å²) in [6.07, 6.45) is 1.98. The van der Waals surface area contributed by atoms with Gasteiger partial charge >= 0.3 is 10.1 Å². The van der Waals surface area contributed by atoms with Gasteiger partial charge in [0.2, 0.25) is 0 Å². The van der Waals surface area contributed by atoms with Gasteiger partial charge in [-0.2, -0.15) is 8.42 Å². The first-order valence-corrected chi connectivity index (χ1v) is 14.5. The van der Waals surface area contributed by atoms with Crippen molar-refractivity contribution in [3.63, 3.8) is 0 Å². The average Bonchev–Trinajstić information content (AvgIpc) is 3.22. The lowest BCUT2D eigenvalue weighted by molar-refractivity contribution is -0.128. The van der Waals surface area contributed by atoms with Gasteiger partial charge in [-0.25, -0.2) is 0 Å². The summed E-state index contributed by atoms with van der Waals surface area (Å²) in [6, 6.07) is 26.3.